The average molecular weight is 285 g/mol. The van der Waals surface area contributed by atoms with Crippen LogP contribution in [-0.4, -0.2) is 22.1 Å². The van der Waals surface area contributed by atoms with Gasteiger partial charge in [0.1, 0.15) is 5.75 Å². The molecule has 0 radical (unpaired) electrons. The Bertz CT molecular complexity index is 694. The number of anilines is 1. The van der Waals surface area contributed by atoms with Gasteiger partial charge in [-0.15, -0.1) is 0 Å². The maximum absolute atomic E-state index is 11.9. The molecule has 0 aromatic heterocycles. The zero-order valence-electron chi connectivity index (χ0n) is 11.5. The lowest BCUT2D eigenvalue weighted by atomic mass is 10.1. The van der Waals surface area contributed by atoms with Gasteiger partial charge in [0.05, 0.1) is 12.0 Å². The number of rotatable bonds is 4. The molecule has 0 aliphatic rings. The van der Waals surface area contributed by atoms with Crippen LogP contribution in [0.1, 0.15) is 21.5 Å². The molecule has 5 nitrogen and oxygen atoms in total. The van der Waals surface area contributed by atoms with Gasteiger partial charge in [0.15, 0.2) is 0 Å². The predicted octanol–water partition coefficient (Wildman–Crippen LogP) is 2.58. The fourth-order valence-corrected chi connectivity index (χ4v) is 1.99. The number of carbonyl (C=O) groups excluding carboxylic acids is 1. The lowest BCUT2D eigenvalue weighted by molar-refractivity contribution is -0.115. The Morgan fingerprint density at radius 2 is 1.90 bits per heavy atom. The van der Waals surface area contributed by atoms with Gasteiger partial charge in [-0.05, 0) is 42.3 Å². The maximum atomic E-state index is 11.9. The van der Waals surface area contributed by atoms with Gasteiger partial charge in [-0.1, -0.05) is 18.2 Å². The quantitative estimate of drug-likeness (QED) is 0.805. The average Bonchev–Trinajstić information content (AvgIpc) is 2.40. The van der Waals surface area contributed by atoms with Gasteiger partial charge in [-0.2, -0.15) is 0 Å². The summed E-state index contributed by atoms with van der Waals surface area (Å²) in [7, 11) is 0. The number of nitrogens with one attached hydrogen (secondary N) is 1. The Morgan fingerprint density at radius 1 is 1.14 bits per heavy atom. The third-order valence-electron chi connectivity index (χ3n) is 3.03. The van der Waals surface area contributed by atoms with Crippen molar-refractivity contribution in [3.8, 4) is 5.75 Å². The minimum absolute atomic E-state index is 0.101. The monoisotopic (exact) mass is 285 g/mol. The molecular weight excluding hydrogens is 270 g/mol. The number of carboxylic acids is 1. The van der Waals surface area contributed by atoms with Gasteiger partial charge >= 0.3 is 5.97 Å². The Kier molecular flexibility index (Phi) is 4.23. The summed E-state index contributed by atoms with van der Waals surface area (Å²) in [4.78, 5) is 23.0. The number of hydrogen-bond donors (Lipinski definition) is 3. The highest BCUT2D eigenvalue weighted by molar-refractivity contribution is 5.95. The fourth-order valence-electron chi connectivity index (χ4n) is 1.99. The molecule has 2 aromatic carbocycles. The molecule has 2 rings (SSSR count). The first-order valence-corrected chi connectivity index (χ1v) is 6.37. The summed E-state index contributed by atoms with van der Waals surface area (Å²) in [6, 6.07) is 11.2. The zero-order valence-corrected chi connectivity index (χ0v) is 11.5. The molecule has 0 heterocycles. The molecule has 0 bridgehead atoms. The van der Waals surface area contributed by atoms with E-state index in [0.29, 0.717) is 16.8 Å². The summed E-state index contributed by atoms with van der Waals surface area (Å²) in [6.07, 6.45) is 0.102. The Balaban J connectivity index is 2.09. The summed E-state index contributed by atoms with van der Waals surface area (Å²) < 4.78 is 0. The van der Waals surface area contributed by atoms with Crippen LogP contribution in [0.15, 0.2) is 42.5 Å². The number of aromatic hydroxyl groups is 1. The lowest BCUT2D eigenvalue weighted by Crippen LogP contribution is -2.15. The number of hydrogen-bond acceptors (Lipinski definition) is 3. The van der Waals surface area contributed by atoms with Crippen LogP contribution in [0.25, 0.3) is 0 Å². The van der Waals surface area contributed by atoms with Crippen LogP contribution in [0.3, 0.4) is 0 Å². The van der Waals surface area contributed by atoms with Gasteiger partial charge < -0.3 is 15.5 Å². The molecule has 108 valence electrons. The van der Waals surface area contributed by atoms with Crippen LogP contribution >= 0.6 is 0 Å². The van der Waals surface area contributed by atoms with Crippen molar-refractivity contribution in [2.75, 3.05) is 5.32 Å². The number of aromatic carboxylic acids is 1. The Hall–Kier alpha value is -2.82. The number of phenols is 1. The van der Waals surface area contributed by atoms with Gasteiger partial charge in [0.2, 0.25) is 5.91 Å². The first-order valence-electron chi connectivity index (χ1n) is 6.37. The van der Waals surface area contributed by atoms with Crippen molar-refractivity contribution in [2.45, 2.75) is 13.3 Å². The summed E-state index contributed by atoms with van der Waals surface area (Å²) >= 11 is 0. The van der Waals surface area contributed by atoms with E-state index in [1.165, 1.54) is 18.2 Å². The molecule has 0 unspecified atom stereocenters. The third kappa shape index (κ3) is 3.82. The summed E-state index contributed by atoms with van der Waals surface area (Å²) in [5.41, 5.74) is 1.90. The minimum atomic E-state index is -1.03. The zero-order chi connectivity index (χ0) is 15.4. The smallest absolute Gasteiger partial charge is 0.336 e. The Morgan fingerprint density at radius 3 is 2.57 bits per heavy atom. The van der Waals surface area contributed by atoms with Crippen molar-refractivity contribution >= 4 is 17.6 Å². The van der Waals surface area contributed by atoms with E-state index in [1.807, 2.05) is 0 Å². The Labute approximate surface area is 121 Å². The first-order chi connectivity index (χ1) is 9.95. The largest absolute Gasteiger partial charge is 0.508 e. The molecule has 0 saturated carbocycles. The molecule has 21 heavy (non-hydrogen) atoms. The number of aryl methyl sites for hydroxylation is 1. The van der Waals surface area contributed by atoms with Crippen molar-refractivity contribution in [3.05, 3.63) is 59.2 Å². The SMILES string of the molecule is Cc1ccc(NC(=O)Cc2cccc(O)c2)cc1C(=O)O. The first kappa shape index (κ1) is 14.6. The number of carbonyl (C=O) groups is 2. The second-order valence-electron chi connectivity index (χ2n) is 4.73. The van der Waals surface area contributed by atoms with Crippen molar-refractivity contribution in [1.82, 2.24) is 0 Å². The van der Waals surface area contributed by atoms with Gasteiger partial charge in [-0.3, -0.25) is 4.79 Å². The van der Waals surface area contributed by atoms with E-state index in [2.05, 4.69) is 5.32 Å². The topological polar surface area (TPSA) is 86.6 Å². The van der Waals surface area contributed by atoms with Crippen molar-refractivity contribution in [2.24, 2.45) is 0 Å². The molecule has 2 aromatic rings. The van der Waals surface area contributed by atoms with Crippen LogP contribution in [0, 0.1) is 6.92 Å². The van der Waals surface area contributed by atoms with E-state index in [0.717, 1.165) is 0 Å². The third-order valence-corrected chi connectivity index (χ3v) is 3.03. The fraction of sp³-hybridized carbons (Fsp3) is 0.125. The maximum Gasteiger partial charge on any atom is 0.336 e. The van der Waals surface area contributed by atoms with Crippen molar-refractivity contribution < 1.29 is 19.8 Å². The normalized spacial score (nSPS) is 10.1. The molecule has 1 amide bonds. The summed E-state index contributed by atoms with van der Waals surface area (Å²) in [6.45, 7) is 1.70. The highest BCUT2D eigenvalue weighted by Gasteiger charge is 2.10. The van der Waals surface area contributed by atoms with Crippen LogP contribution in [-0.2, 0) is 11.2 Å². The minimum Gasteiger partial charge on any atom is -0.508 e. The van der Waals surface area contributed by atoms with Crippen molar-refractivity contribution in [1.29, 1.82) is 0 Å². The van der Waals surface area contributed by atoms with E-state index in [4.69, 9.17) is 5.11 Å². The van der Waals surface area contributed by atoms with E-state index in [1.54, 1.807) is 31.2 Å². The molecule has 0 saturated heterocycles. The van der Waals surface area contributed by atoms with Crippen molar-refractivity contribution in [3.63, 3.8) is 0 Å². The van der Waals surface area contributed by atoms with Gasteiger partial charge in [0, 0.05) is 5.69 Å². The molecule has 0 aliphatic heterocycles. The molecule has 0 fully saturated rings. The van der Waals surface area contributed by atoms with Crippen LogP contribution < -0.4 is 5.32 Å². The highest BCUT2D eigenvalue weighted by atomic mass is 16.4. The molecule has 5 heteroatoms. The highest BCUT2D eigenvalue weighted by Crippen LogP contribution is 2.16. The van der Waals surface area contributed by atoms with E-state index in [9.17, 15) is 14.7 Å². The van der Waals surface area contributed by atoms with Gasteiger partial charge in [0.25, 0.3) is 0 Å². The summed E-state index contributed by atoms with van der Waals surface area (Å²) in [5.74, 6) is -1.21. The standard InChI is InChI=1S/C16H15NO4/c1-10-5-6-12(9-14(10)16(20)21)17-15(19)8-11-3-2-4-13(18)7-11/h2-7,9,18H,8H2,1H3,(H,17,19)(H,20,21). The van der Waals surface area contributed by atoms with Crippen LogP contribution in [0.2, 0.25) is 0 Å². The van der Waals surface area contributed by atoms with Gasteiger partial charge in [-0.25, -0.2) is 4.79 Å². The number of carboxylic acid groups (broad SMARTS) is 1. The summed E-state index contributed by atoms with van der Waals surface area (Å²) in [5, 5.41) is 21.0. The van der Waals surface area contributed by atoms with E-state index >= 15 is 0 Å². The van der Waals surface area contributed by atoms with E-state index < -0.39 is 5.97 Å². The van der Waals surface area contributed by atoms with E-state index in [-0.39, 0.29) is 23.6 Å². The lowest BCUT2D eigenvalue weighted by Gasteiger charge is -2.08. The molecule has 0 aliphatic carbocycles. The number of phenolic OH excluding ortho intramolecular Hbond substituents is 1. The molecule has 3 N–H and O–H groups in total. The number of benzene rings is 2. The second-order valence-corrected chi connectivity index (χ2v) is 4.73. The van der Waals surface area contributed by atoms with Crippen LogP contribution in [0.5, 0.6) is 5.75 Å². The molecule has 0 spiro atoms. The molecule has 0 atom stereocenters. The molecular formula is C16H15NO4. The predicted molar refractivity (Wildman–Crippen MR) is 78.6 cm³/mol. The van der Waals surface area contributed by atoms with Crippen LogP contribution in [0.4, 0.5) is 5.69 Å². The second kappa shape index (κ2) is 6.09. The number of amides is 1.